The van der Waals surface area contributed by atoms with Crippen molar-refractivity contribution in [1.29, 1.82) is 0 Å². The summed E-state index contributed by atoms with van der Waals surface area (Å²) in [5.74, 6) is 0.267. The SMILES string of the molecule is CCNC(=O)Oc1cccc2c1OC(C)(C)OC2. The molecule has 0 aliphatic carbocycles. The summed E-state index contributed by atoms with van der Waals surface area (Å²) >= 11 is 0. The molecule has 1 amide bonds. The van der Waals surface area contributed by atoms with E-state index in [9.17, 15) is 4.79 Å². The predicted molar refractivity (Wildman–Crippen MR) is 65.6 cm³/mol. The van der Waals surface area contributed by atoms with Crippen LogP contribution in [0.15, 0.2) is 18.2 Å². The maximum Gasteiger partial charge on any atom is 0.412 e. The monoisotopic (exact) mass is 251 g/mol. The number of rotatable bonds is 2. The average molecular weight is 251 g/mol. The van der Waals surface area contributed by atoms with Gasteiger partial charge in [-0.25, -0.2) is 4.79 Å². The summed E-state index contributed by atoms with van der Waals surface area (Å²) in [7, 11) is 0. The molecule has 0 atom stereocenters. The van der Waals surface area contributed by atoms with Crippen molar-refractivity contribution in [2.24, 2.45) is 0 Å². The highest BCUT2D eigenvalue weighted by Gasteiger charge is 2.30. The first-order valence-electron chi connectivity index (χ1n) is 5.92. The number of hydrogen-bond donors (Lipinski definition) is 1. The van der Waals surface area contributed by atoms with Gasteiger partial charge >= 0.3 is 6.09 Å². The van der Waals surface area contributed by atoms with Crippen molar-refractivity contribution in [3.05, 3.63) is 23.8 Å². The van der Waals surface area contributed by atoms with Gasteiger partial charge in [-0.15, -0.1) is 0 Å². The summed E-state index contributed by atoms with van der Waals surface area (Å²) in [6.45, 7) is 6.42. The van der Waals surface area contributed by atoms with Gasteiger partial charge in [0.25, 0.3) is 0 Å². The highest BCUT2D eigenvalue weighted by atomic mass is 16.7. The number of nitrogens with one attached hydrogen (secondary N) is 1. The Balaban J connectivity index is 2.24. The largest absolute Gasteiger partial charge is 0.459 e. The van der Waals surface area contributed by atoms with Crippen LogP contribution < -0.4 is 14.8 Å². The van der Waals surface area contributed by atoms with Crippen molar-refractivity contribution in [2.45, 2.75) is 33.2 Å². The first kappa shape index (κ1) is 12.7. The Hall–Kier alpha value is -1.75. The standard InChI is InChI=1S/C13H17NO4/c1-4-14-12(15)17-10-7-5-6-9-8-16-13(2,3)18-11(9)10/h5-7H,4,8H2,1-3H3,(H,14,15). The van der Waals surface area contributed by atoms with Crippen molar-refractivity contribution >= 4 is 6.09 Å². The lowest BCUT2D eigenvalue weighted by atomic mass is 10.1. The molecule has 0 saturated heterocycles. The molecule has 1 aliphatic heterocycles. The lowest BCUT2D eigenvalue weighted by Crippen LogP contribution is -2.36. The molecule has 0 unspecified atom stereocenters. The smallest absolute Gasteiger partial charge is 0.412 e. The summed E-state index contributed by atoms with van der Waals surface area (Å²) < 4.78 is 16.4. The van der Waals surface area contributed by atoms with Crippen LogP contribution in [0.25, 0.3) is 0 Å². The van der Waals surface area contributed by atoms with Crippen molar-refractivity contribution < 1.29 is 19.0 Å². The molecule has 1 aliphatic rings. The minimum atomic E-state index is -0.715. The molecule has 0 fully saturated rings. The van der Waals surface area contributed by atoms with E-state index < -0.39 is 11.9 Å². The Bertz CT molecular complexity index is 456. The van der Waals surface area contributed by atoms with Crippen LogP contribution in [0.4, 0.5) is 4.79 Å². The van der Waals surface area contributed by atoms with Gasteiger partial charge in [0.15, 0.2) is 11.5 Å². The number of benzene rings is 1. The lowest BCUT2D eigenvalue weighted by molar-refractivity contribution is -0.180. The first-order chi connectivity index (χ1) is 8.52. The quantitative estimate of drug-likeness (QED) is 0.877. The third-order valence-electron chi connectivity index (χ3n) is 2.51. The zero-order valence-electron chi connectivity index (χ0n) is 10.8. The van der Waals surface area contributed by atoms with Gasteiger partial charge < -0.3 is 19.5 Å². The van der Waals surface area contributed by atoms with Gasteiger partial charge in [-0.2, -0.15) is 0 Å². The molecule has 1 N–H and O–H groups in total. The number of para-hydroxylation sites is 1. The molecule has 98 valence electrons. The summed E-state index contributed by atoms with van der Waals surface area (Å²) in [5, 5.41) is 2.57. The Morgan fingerprint density at radius 2 is 2.28 bits per heavy atom. The number of hydrogen-bond acceptors (Lipinski definition) is 4. The fraction of sp³-hybridized carbons (Fsp3) is 0.462. The lowest BCUT2D eigenvalue weighted by Gasteiger charge is -2.33. The fourth-order valence-corrected chi connectivity index (χ4v) is 1.68. The third-order valence-corrected chi connectivity index (χ3v) is 2.51. The van der Waals surface area contributed by atoms with Crippen molar-refractivity contribution in [3.8, 4) is 11.5 Å². The molecule has 0 bridgehead atoms. The normalized spacial score (nSPS) is 16.4. The molecule has 5 nitrogen and oxygen atoms in total. The zero-order chi connectivity index (χ0) is 13.2. The van der Waals surface area contributed by atoms with Crippen molar-refractivity contribution in [1.82, 2.24) is 5.32 Å². The molecule has 1 aromatic carbocycles. The number of fused-ring (bicyclic) bond motifs is 1. The zero-order valence-corrected chi connectivity index (χ0v) is 10.8. The van der Waals surface area contributed by atoms with Gasteiger partial charge in [0, 0.05) is 26.0 Å². The Labute approximate surface area is 106 Å². The van der Waals surface area contributed by atoms with E-state index in [4.69, 9.17) is 14.2 Å². The van der Waals surface area contributed by atoms with E-state index in [0.29, 0.717) is 24.7 Å². The average Bonchev–Trinajstić information content (AvgIpc) is 2.29. The summed E-state index contributed by atoms with van der Waals surface area (Å²) in [5.41, 5.74) is 0.871. The van der Waals surface area contributed by atoms with E-state index >= 15 is 0 Å². The second-order valence-corrected chi connectivity index (χ2v) is 4.45. The number of carbonyl (C=O) groups is 1. The Kier molecular flexibility index (Phi) is 3.43. The summed E-state index contributed by atoms with van der Waals surface area (Å²) in [6, 6.07) is 5.39. The molecule has 0 radical (unpaired) electrons. The molecular formula is C13H17NO4. The maximum atomic E-state index is 11.4. The van der Waals surface area contributed by atoms with Crippen LogP contribution in [-0.4, -0.2) is 18.4 Å². The minimum Gasteiger partial charge on any atom is -0.459 e. The molecule has 2 rings (SSSR count). The molecule has 5 heteroatoms. The highest BCUT2D eigenvalue weighted by molar-refractivity contribution is 5.71. The number of carbonyl (C=O) groups excluding carboxylic acids is 1. The van der Waals surface area contributed by atoms with Crippen LogP contribution >= 0.6 is 0 Å². The van der Waals surface area contributed by atoms with Crippen LogP contribution in [0.5, 0.6) is 11.5 Å². The number of ether oxygens (including phenoxy) is 3. The second kappa shape index (κ2) is 4.86. The molecular weight excluding hydrogens is 234 g/mol. The van der Waals surface area contributed by atoms with Crippen molar-refractivity contribution in [2.75, 3.05) is 6.54 Å². The van der Waals surface area contributed by atoms with Gasteiger partial charge in [-0.3, -0.25) is 0 Å². The van der Waals surface area contributed by atoms with E-state index in [-0.39, 0.29) is 0 Å². The van der Waals surface area contributed by atoms with E-state index in [1.807, 2.05) is 26.8 Å². The summed E-state index contributed by atoms with van der Waals surface area (Å²) in [4.78, 5) is 11.4. The Morgan fingerprint density at radius 3 is 3.00 bits per heavy atom. The molecule has 1 heterocycles. The van der Waals surface area contributed by atoms with Gasteiger partial charge in [0.1, 0.15) is 0 Å². The van der Waals surface area contributed by atoms with E-state index in [1.54, 1.807) is 12.1 Å². The van der Waals surface area contributed by atoms with Crippen molar-refractivity contribution in [3.63, 3.8) is 0 Å². The number of amides is 1. The molecule has 18 heavy (non-hydrogen) atoms. The minimum absolute atomic E-state index is 0.412. The first-order valence-corrected chi connectivity index (χ1v) is 5.92. The predicted octanol–water partition coefficient (Wildman–Crippen LogP) is 2.44. The topological polar surface area (TPSA) is 56.8 Å². The maximum absolute atomic E-state index is 11.4. The van der Waals surface area contributed by atoms with Crippen LogP contribution in [-0.2, 0) is 11.3 Å². The third kappa shape index (κ3) is 2.73. The van der Waals surface area contributed by atoms with Gasteiger partial charge in [0.05, 0.1) is 6.61 Å². The van der Waals surface area contributed by atoms with E-state index in [1.165, 1.54) is 0 Å². The fourth-order valence-electron chi connectivity index (χ4n) is 1.68. The molecule has 1 aromatic rings. The second-order valence-electron chi connectivity index (χ2n) is 4.45. The van der Waals surface area contributed by atoms with Crippen LogP contribution in [0.3, 0.4) is 0 Å². The van der Waals surface area contributed by atoms with Gasteiger partial charge in [0.2, 0.25) is 5.79 Å². The molecule has 0 aromatic heterocycles. The molecule has 0 saturated carbocycles. The molecule has 0 spiro atoms. The Morgan fingerprint density at radius 1 is 1.50 bits per heavy atom. The summed E-state index contributed by atoms with van der Waals surface area (Å²) in [6.07, 6.45) is -0.487. The highest BCUT2D eigenvalue weighted by Crippen LogP contribution is 2.38. The van der Waals surface area contributed by atoms with Crippen LogP contribution in [0.2, 0.25) is 0 Å². The van der Waals surface area contributed by atoms with Gasteiger partial charge in [-0.05, 0) is 13.0 Å². The van der Waals surface area contributed by atoms with Crippen LogP contribution in [0.1, 0.15) is 26.3 Å². The van der Waals surface area contributed by atoms with E-state index in [2.05, 4.69) is 5.32 Å². The van der Waals surface area contributed by atoms with Crippen LogP contribution in [0, 0.1) is 0 Å². The van der Waals surface area contributed by atoms with Gasteiger partial charge in [-0.1, -0.05) is 12.1 Å². The van der Waals surface area contributed by atoms with E-state index in [0.717, 1.165) is 5.56 Å².